The van der Waals surface area contributed by atoms with Crippen molar-refractivity contribution < 1.29 is 18.7 Å². The van der Waals surface area contributed by atoms with E-state index in [0.717, 1.165) is 11.1 Å². The summed E-state index contributed by atoms with van der Waals surface area (Å²) < 4.78 is 17.2. The Morgan fingerprint density at radius 2 is 1.91 bits per heavy atom. The maximum Gasteiger partial charge on any atom is 0.297 e. The number of aryl methyl sites for hydroxylation is 2. The number of rotatable bonds is 5. The molecule has 7 nitrogen and oxygen atoms in total. The van der Waals surface area contributed by atoms with E-state index in [1.165, 1.54) is 16.2 Å². The van der Waals surface area contributed by atoms with Crippen LogP contribution in [0, 0.1) is 13.8 Å². The Kier molecular flexibility index (Phi) is 5.17. The molecule has 0 unspecified atom stereocenters. The van der Waals surface area contributed by atoms with Crippen molar-refractivity contribution in [3.63, 3.8) is 0 Å². The molecule has 0 saturated carbocycles. The smallest absolute Gasteiger partial charge is 0.297 e. The summed E-state index contributed by atoms with van der Waals surface area (Å²) in [6.07, 6.45) is 1.63. The number of thiazole rings is 1. The first-order valence-electron chi connectivity index (χ1n) is 10.6. The number of carbonyl (C=O) groups is 1. The van der Waals surface area contributed by atoms with Crippen molar-refractivity contribution in [3.05, 3.63) is 80.1 Å². The van der Waals surface area contributed by atoms with Gasteiger partial charge in [0, 0.05) is 11.6 Å². The first-order valence-corrected chi connectivity index (χ1v) is 11.4. The molecule has 4 aromatic rings. The van der Waals surface area contributed by atoms with Gasteiger partial charge in [0.1, 0.15) is 5.58 Å². The number of nitrogens with zero attached hydrogens (tertiary/aromatic N) is 2. The molecule has 33 heavy (non-hydrogen) atoms. The Morgan fingerprint density at radius 1 is 1.12 bits per heavy atom. The minimum Gasteiger partial charge on any atom is -0.493 e. The Morgan fingerprint density at radius 3 is 2.61 bits per heavy atom. The lowest BCUT2D eigenvalue weighted by Crippen LogP contribution is -2.29. The minimum atomic E-state index is -0.703. The van der Waals surface area contributed by atoms with E-state index >= 15 is 0 Å². The lowest BCUT2D eigenvalue weighted by molar-refractivity contribution is 0.0971. The second kappa shape index (κ2) is 8.04. The fraction of sp³-hybridized carbons (Fsp3) is 0.240. The number of fused-ring (bicyclic) bond motifs is 2. The molecule has 0 N–H and O–H groups in total. The van der Waals surface area contributed by atoms with E-state index in [2.05, 4.69) is 4.98 Å². The number of ether oxygens (including phenoxy) is 2. The van der Waals surface area contributed by atoms with Crippen molar-refractivity contribution in [2.45, 2.75) is 26.8 Å². The highest BCUT2D eigenvalue weighted by atomic mass is 32.1. The first kappa shape index (κ1) is 21.2. The van der Waals surface area contributed by atoms with Crippen molar-refractivity contribution in [1.82, 2.24) is 4.98 Å². The van der Waals surface area contributed by atoms with Gasteiger partial charge in [-0.1, -0.05) is 6.07 Å². The number of anilines is 1. The van der Waals surface area contributed by atoms with E-state index in [-0.39, 0.29) is 11.2 Å². The molecule has 1 amide bonds. The van der Waals surface area contributed by atoms with Crippen molar-refractivity contribution in [2.24, 2.45) is 0 Å². The van der Waals surface area contributed by atoms with Crippen LogP contribution < -0.4 is 19.8 Å². The van der Waals surface area contributed by atoms with Gasteiger partial charge in [0.25, 0.3) is 5.91 Å². The second-order valence-electron chi connectivity index (χ2n) is 7.84. The van der Waals surface area contributed by atoms with E-state index in [9.17, 15) is 9.59 Å². The molecule has 2 aromatic heterocycles. The third-order valence-electron chi connectivity index (χ3n) is 5.92. The van der Waals surface area contributed by atoms with Gasteiger partial charge in [0.05, 0.1) is 30.7 Å². The third kappa shape index (κ3) is 3.29. The van der Waals surface area contributed by atoms with Crippen LogP contribution >= 0.6 is 11.3 Å². The second-order valence-corrected chi connectivity index (χ2v) is 8.72. The molecule has 3 heterocycles. The molecule has 0 bridgehead atoms. The molecule has 1 aliphatic heterocycles. The monoisotopic (exact) mass is 462 g/mol. The molecule has 1 aliphatic rings. The molecular formula is C25H22N2O5S. The van der Waals surface area contributed by atoms with Gasteiger partial charge < -0.3 is 13.9 Å². The SMILES string of the molecule is CCOc1ccc([C@H]2c3c(oc4cc(C)c(C)cc4c3=O)C(=O)N2c2nccs2)cc1OC. The predicted molar refractivity (Wildman–Crippen MR) is 127 cm³/mol. The fourth-order valence-corrected chi connectivity index (χ4v) is 4.87. The highest BCUT2D eigenvalue weighted by Gasteiger charge is 2.45. The van der Waals surface area contributed by atoms with Crippen molar-refractivity contribution >= 4 is 33.3 Å². The van der Waals surface area contributed by atoms with Crippen LogP contribution in [0.5, 0.6) is 11.5 Å². The first-order chi connectivity index (χ1) is 15.9. The zero-order valence-corrected chi connectivity index (χ0v) is 19.5. The van der Waals surface area contributed by atoms with Gasteiger partial charge in [0.15, 0.2) is 22.1 Å². The standard InChI is InChI=1S/C25H22N2O5S/c1-5-31-17-7-6-15(12-19(17)30-4)21-20-22(28)16-10-13(2)14(3)11-18(16)32-23(20)24(29)27(21)25-26-8-9-33-25/h6-12,21H,5H2,1-4H3/t21-/m0/s1. The summed E-state index contributed by atoms with van der Waals surface area (Å²) in [7, 11) is 1.56. The summed E-state index contributed by atoms with van der Waals surface area (Å²) >= 11 is 1.32. The summed E-state index contributed by atoms with van der Waals surface area (Å²) in [6, 6.07) is 8.35. The van der Waals surface area contributed by atoms with Gasteiger partial charge in [-0.15, -0.1) is 11.3 Å². The van der Waals surface area contributed by atoms with Gasteiger partial charge in [-0.3, -0.25) is 14.5 Å². The van der Waals surface area contributed by atoms with Gasteiger partial charge >= 0.3 is 0 Å². The normalized spacial score (nSPS) is 15.2. The third-order valence-corrected chi connectivity index (χ3v) is 6.69. The molecule has 168 valence electrons. The Bertz CT molecular complexity index is 1440. The molecule has 0 radical (unpaired) electrons. The maximum atomic E-state index is 13.7. The highest BCUT2D eigenvalue weighted by Crippen LogP contribution is 2.43. The van der Waals surface area contributed by atoms with E-state index in [0.29, 0.717) is 45.3 Å². The molecule has 0 fully saturated rings. The predicted octanol–water partition coefficient (Wildman–Crippen LogP) is 5.02. The fourth-order valence-electron chi connectivity index (χ4n) is 4.20. The molecule has 0 spiro atoms. The maximum absolute atomic E-state index is 13.7. The Balaban J connectivity index is 1.79. The zero-order chi connectivity index (χ0) is 23.3. The van der Waals surface area contributed by atoms with Crippen LogP contribution in [0.15, 0.2) is 51.1 Å². The summed E-state index contributed by atoms with van der Waals surface area (Å²) in [5.41, 5.74) is 3.15. The Hall–Kier alpha value is -3.65. The molecule has 1 atom stereocenters. The van der Waals surface area contributed by atoms with Crippen LogP contribution in [0.3, 0.4) is 0 Å². The van der Waals surface area contributed by atoms with Gasteiger partial charge in [-0.05, 0) is 61.7 Å². The van der Waals surface area contributed by atoms with Crippen LogP contribution in [0.2, 0.25) is 0 Å². The average Bonchev–Trinajstić information content (AvgIpc) is 3.42. The summed E-state index contributed by atoms with van der Waals surface area (Å²) in [5, 5.41) is 2.73. The van der Waals surface area contributed by atoms with E-state index < -0.39 is 11.9 Å². The van der Waals surface area contributed by atoms with Crippen molar-refractivity contribution in [2.75, 3.05) is 18.6 Å². The number of benzene rings is 2. The largest absolute Gasteiger partial charge is 0.493 e. The van der Waals surface area contributed by atoms with Crippen LogP contribution in [0.1, 0.15) is 45.8 Å². The van der Waals surface area contributed by atoms with Crippen LogP contribution in [-0.2, 0) is 0 Å². The summed E-state index contributed by atoms with van der Waals surface area (Å²) in [4.78, 5) is 33.2. The van der Waals surface area contributed by atoms with E-state index in [1.54, 1.807) is 36.9 Å². The summed E-state index contributed by atoms with van der Waals surface area (Å²) in [6.45, 7) is 6.27. The molecule has 2 aromatic carbocycles. The molecule has 8 heteroatoms. The van der Waals surface area contributed by atoms with Gasteiger partial charge in [-0.25, -0.2) is 4.98 Å². The molecule has 0 saturated heterocycles. The van der Waals surface area contributed by atoms with E-state index in [4.69, 9.17) is 13.9 Å². The molecule has 0 aliphatic carbocycles. The molecular weight excluding hydrogens is 440 g/mol. The lowest BCUT2D eigenvalue weighted by atomic mass is 9.97. The number of aromatic nitrogens is 1. The van der Waals surface area contributed by atoms with Crippen LogP contribution in [0.25, 0.3) is 11.0 Å². The minimum absolute atomic E-state index is 0.0452. The van der Waals surface area contributed by atoms with Crippen molar-refractivity contribution in [3.8, 4) is 11.5 Å². The number of hydrogen-bond acceptors (Lipinski definition) is 7. The van der Waals surface area contributed by atoms with Crippen LogP contribution in [0.4, 0.5) is 5.13 Å². The van der Waals surface area contributed by atoms with Crippen LogP contribution in [-0.4, -0.2) is 24.6 Å². The zero-order valence-electron chi connectivity index (χ0n) is 18.7. The topological polar surface area (TPSA) is 81.9 Å². The number of methoxy groups -OCH3 is 1. The number of carbonyl (C=O) groups excluding carboxylic acids is 1. The number of amides is 1. The highest BCUT2D eigenvalue weighted by molar-refractivity contribution is 7.13. The number of hydrogen-bond donors (Lipinski definition) is 0. The average molecular weight is 463 g/mol. The summed E-state index contributed by atoms with van der Waals surface area (Å²) in [5.74, 6) is 0.760. The quantitative estimate of drug-likeness (QED) is 0.414. The Labute approximate surface area is 194 Å². The van der Waals surface area contributed by atoms with Gasteiger partial charge in [-0.2, -0.15) is 0 Å². The molecule has 5 rings (SSSR count). The van der Waals surface area contributed by atoms with Gasteiger partial charge in [0.2, 0.25) is 5.76 Å². The lowest BCUT2D eigenvalue weighted by Gasteiger charge is -2.23. The van der Waals surface area contributed by atoms with Crippen molar-refractivity contribution in [1.29, 1.82) is 0 Å². The van der Waals surface area contributed by atoms with E-state index in [1.807, 2.05) is 32.9 Å².